The highest BCUT2D eigenvalue weighted by atomic mass is 79.9. The van der Waals surface area contributed by atoms with Crippen molar-refractivity contribution in [3.63, 3.8) is 0 Å². The van der Waals surface area contributed by atoms with E-state index in [0.29, 0.717) is 27.2 Å². The van der Waals surface area contributed by atoms with Crippen molar-refractivity contribution in [2.75, 3.05) is 26.2 Å². The van der Waals surface area contributed by atoms with Crippen molar-refractivity contribution in [3.05, 3.63) is 46.2 Å². The second-order valence-corrected chi connectivity index (χ2v) is 7.86. The van der Waals surface area contributed by atoms with Crippen molar-refractivity contribution in [1.29, 1.82) is 0 Å². The number of carboxylic acids is 4. The van der Waals surface area contributed by atoms with Gasteiger partial charge >= 0.3 is 23.9 Å². The van der Waals surface area contributed by atoms with Gasteiger partial charge in [-0.05, 0) is 40.2 Å². The minimum Gasteiger partial charge on any atom is -0.480 e. The lowest BCUT2D eigenvalue weighted by molar-refractivity contribution is -0.144. The quantitative estimate of drug-likeness (QED) is 0.290. The largest absolute Gasteiger partial charge is 0.480 e. The SMILES string of the molecule is O=C(O)CN(CC(=O)O)Cc1cccc(-c2ccc(Br)c(CN(CC(=O)O)CC(=O)O)n2)n1. The number of aliphatic carboxylic acids is 4. The first-order chi connectivity index (χ1) is 15.5. The molecule has 2 aromatic rings. The van der Waals surface area contributed by atoms with Crippen molar-refractivity contribution in [2.45, 2.75) is 13.1 Å². The van der Waals surface area contributed by atoms with Gasteiger partial charge < -0.3 is 20.4 Å². The summed E-state index contributed by atoms with van der Waals surface area (Å²) in [4.78, 5) is 55.5. The van der Waals surface area contributed by atoms with Crippen LogP contribution in [-0.2, 0) is 32.3 Å². The summed E-state index contributed by atoms with van der Waals surface area (Å²) in [7, 11) is 0. The fraction of sp³-hybridized carbons (Fsp3) is 0.300. The topological polar surface area (TPSA) is 181 Å². The van der Waals surface area contributed by atoms with E-state index in [4.69, 9.17) is 20.4 Å². The molecule has 33 heavy (non-hydrogen) atoms. The molecule has 2 aromatic heterocycles. The zero-order valence-electron chi connectivity index (χ0n) is 17.2. The van der Waals surface area contributed by atoms with Gasteiger partial charge in [-0.1, -0.05) is 6.07 Å². The molecule has 0 amide bonds. The summed E-state index contributed by atoms with van der Waals surface area (Å²) in [6.45, 7) is -1.97. The van der Waals surface area contributed by atoms with E-state index >= 15 is 0 Å². The summed E-state index contributed by atoms with van der Waals surface area (Å²) in [6, 6.07) is 8.29. The maximum absolute atomic E-state index is 11.1. The zero-order chi connectivity index (χ0) is 24.5. The molecule has 13 heteroatoms. The predicted molar refractivity (Wildman–Crippen MR) is 116 cm³/mol. The molecule has 0 saturated carbocycles. The van der Waals surface area contributed by atoms with Crippen LogP contribution < -0.4 is 0 Å². The van der Waals surface area contributed by atoms with E-state index in [-0.39, 0.29) is 13.1 Å². The van der Waals surface area contributed by atoms with Crippen LogP contribution in [0.1, 0.15) is 11.4 Å². The molecule has 2 rings (SSSR count). The normalized spacial score (nSPS) is 11.0. The lowest BCUT2D eigenvalue weighted by Gasteiger charge is -2.19. The van der Waals surface area contributed by atoms with Gasteiger partial charge in [0.2, 0.25) is 0 Å². The first-order valence-electron chi connectivity index (χ1n) is 9.47. The van der Waals surface area contributed by atoms with Gasteiger partial charge in [-0.25, -0.2) is 9.97 Å². The number of pyridine rings is 2. The van der Waals surface area contributed by atoms with Gasteiger partial charge in [0, 0.05) is 17.6 Å². The van der Waals surface area contributed by atoms with Crippen LogP contribution in [0.5, 0.6) is 0 Å². The van der Waals surface area contributed by atoms with E-state index in [0.717, 1.165) is 0 Å². The Morgan fingerprint density at radius 1 is 0.697 bits per heavy atom. The van der Waals surface area contributed by atoms with Crippen LogP contribution in [0.2, 0.25) is 0 Å². The highest BCUT2D eigenvalue weighted by molar-refractivity contribution is 9.10. The maximum Gasteiger partial charge on any atom is 0.317 e. The third-order valence-corrected chi connectivity index (χ3v) is 4.90. The molecule has 12 nitrogen and oxygen atoms in total. The minimum absolute atomic E-state index is 0.0131. The van der Waals surface area contributed by atoms with Crippen LogP contribution in [0.3, 0.4) is 0 Å². The number of hydrogen-bond donors (Lipinski definition) is 4. The maximum atomic E-state index is 11.1. The Labute approximate surface area is 196 Å². The Morgan fingerprint density at radius 2 is 1.18 bits per heavy atom. The number of rotatable bonds is 13. The molecular weight excluding hydrogens is 504 g/mol. The summed E-state index contributed by atoms with van der Waals surface area (Å²) in [5, 5.41) is 36.1. The molecule has 0 atom stereocenters. The molecule has 0 spiro atoms. The first kappa shape index (κ1) is 25.8. The van der Waals surface area contributed by atoms with Crippen molar-refractivity contribution in [3.8, 4) is 11.4 Å². The predicted octanol–water partition coefficient (Wildman–Crippen LogP) is 0.848. The van der Waals surface area contributed by atoms with Crippen molar-refractivity contribution in [1.82, 2.24) is 19.8 Å². The number of carbonyl (C=O) groups is 4. The third-order valence-electron chi connectivity index (χ3n) is 4.18. The van der Waals surface area contributed by atoms with E-state index < -0.39 is 50.1 Å². The summed E-state index contributed by atoms with van der Waals surface area (Å²) < 4.78 is 0.553. The van der Waals surface area contributed by atoms with Crippen molar-refractivity contribution >= 4 is 39.8 Å². The Balaban J connectivity index is 2.28. The van der Waals surface area contributed by atoms with E-state index in [9.17, 15) is 19.2 Å². The van der Waals surface area contributed by atoms with E-state index in [1.807, 2.05) is 0 Å². The van der Waals surface area contributed by atoms with E-state index in [1.54, 1.807) is 30.3 Å². The average Bonchev–Trinajstić information content (AvgIpc) is 2.67. The summed E-state index contributed by atoms with van der Waals surface area (Å²) in [5.74, 6) is -4.69. The molecule has 0 aliphatic carbocycles. The van der Waals surface area contributed by atoms with Crippen LogP contribution in [0.15, 0.2) is 34.8 Å². The van der Waals surface area contributed by atoms with Gasteiger partial charge in [0.05, 0.1) is 49.0 Å². The van der Waals surface area contributed by atoms with Crippen LogP contribution in [0, 0.1) is 0 Å². The highest BCUT2D eigenvalue weighted by Crippen LogP contribution is 2.22. The molecule has 0 aromatic carbocycles. The number of nitrogens with zero attached hydrogens (tertiary/aromatic N) is 4. The van der Waals surface area contributed by atoms with Gasteiger partial charge in [0.25, 0.3) is 0 Å². The lowest BCUT2D eigenvalue weighted by Crippen LogP contribution is -2.34. The Morgan fingerprint density at radius 3 is 1.70 bits per heavy atom. The van der Waals surface area contributed by atoms with Crippen LogP contribution in [0.25, 0.3) is 11.4 Å². The number of carboxylic acid groups (broad SMARTS) is 4. The number of hydrogen-bond acceptors (Lipinski definition) is 8. The number of halogens is 1. The third kappa shape index (κ3) is 8.92. The fourth-order valence-electron chi connectivity index (χ4n) is 2.99. The zero-order valence-corrected chi connectivity index (χ0v) is 18.8. The molecule has 2 heterocycles. The van der Waals surface area contributed by atoms with Crippen molar-refractivity contribution in [2.24, 2.45) is 0 Å². The standard InChI is InChI=1S/C20H21BrN4O8/c21-13-4-5-15(23-16(13)7-25(10-19(30)31)11-20(32)33)14-3-1-2-12(22-14)6-24(8-17(26)27)9-18(28)29/h1-5H,6-11H2,(H,26,27)(H,28,29)(H,30,31)(H,32,33). The molecular formula is C20H21BrN4O8. The summed E-state index contributed by atoms with van der Waals surface area (Å²) in [5.41, 5.74) is 1.68. The van der Waals surface area contributed by atoms with Gasteiger partial charge in [0.15, 0.2) is 0 Å². The van der Waals surface area contributed by atoms with Gasteiger partial charge in [-0.15, -0.1) is 0 Å². The van der Waals surface area contributed by atoms with Gasteiger partial charge in [-0.2, -0.15) is 0 Å². The summed E-state index contributed by atoms with van der Waals surface area (Å²) >= 11 is 3.33. The molecule has 0 saturated heterocycles. The van der Waals surface area contributed by atoms with Gasteiger partial charge in [-0.3, -0.25) is 29.0 Å². The van der Waals surface area contributed by atoms with Gasteiger partial charge in [0.1, 0.15) is 0 Å². The van der Waals surface area contributed by atoms with Crippen LogP contribution in [0.4, 0.5) is 0 Å². The molecule has 0 aliphatic heterocycles. The lowest BCUT2D eigenvalue weighted by atomic mass is 10.2. The molecule has 0 radical (unpaired) electrons. The highest BCUT2D eigenvalue weighted by Gasteiger charge is 2.18. The van der Waals surface area contributed by atoms with Crippen molar-refractivity contribution < 1.29 is 39.6 Å². The minimum atomic E-state index is -1.18. The first-order valence-corrected chi connectivity index (χ1v) is 10.3. The fourth-order valence-corrected chi connectivity index (χ4v) is 3.34. The van der Waals surface area contributed by atoms with Crippen LogP contribution >= 0.6 is 15.9 Å². The molecule has 0 aliphatic rings. The Kier molecular flexibility index (Phi) is 9.39. The smallest absolute Gasteiger partial charge is 0.317 e. The second kappa shape index (κ2) is 12.0. The molecule has 4 N–H and O–H groups in total. The average molecular weight is 525 g/mol. The summed E-state index contributed by atoms with van der Waals surface area (Å²) in [6.07, 6.45) is 0. The van der Waals surface area contributed by atoms with Crippen LogP contribution in [-0.4, -0.2) is 90.3 Å². The Bertz CT molecular complexity index is 1020. The second-order valence-electron chi connectivity index (χ2n) is 7.00. The van der Waals surface area contributed by atoms with E-state index in [2.05, 4.69) is 25.9 Å². The molecule has 0 unspecified atom stereocenters. The monoisotopic (exact) mass is 524 g/mol. The molecule has 176 valence electrons. The number of aromatic nitrogens is 2. The molecule has 0 fully saturated rings. The molecule has 0 bridgehead atoms. The van der Waals surface area contributed by atoms with E-state index in [1.165, 1.54) is 9.80 Å². The Hall–Kier alpha value is -3.42.